The van der Waals surface area contributed by atoms with Crippen LogP contribution in [0, 0.1) is 12.3 Å². The summed E-state index contributed by atoms with van der Waals surface area (Å²) in [6, 6.07) is 4.95. The molecule has 1 heterocycles. The van der Waals surface area contributed by atoms with E-state index in [1.165, 1.54) is 0 Å². The van der Waals surface area contributed by atoms with E-state index in [1.807, 2.05) is 6.92 Å². The number of hydrogen-bond acceptors (Lipinski definition) is 3. The van der Waals surface area contributed by atoms with Crippen LogP contribution in [-0.4, -0.2) is 15.6 Å². The van der Waals surface area contributed by atoms with Gasteiger partial charge >= 0.3 is 0 Å². The summed E-state index contributed by atoms with van der Waals surface area (Å²) in [5.74, 6) is 0.468. The standard InChI is InChI=1S/C13H14Cl2N4O/c1-7-12(15)10(19(2)18-7)6-20-11-4-3-8(13(16)17)5-9(11)14/h3-5H,6H2,1-2H3,(H3,16,17). The maximum Gasteiger partial charge on any atom is 0.138 e. The third kappa shape index (κ3) is 2.89. The van der Waals surface area contributed by atoms with Gasteiger partial charge in [-0.15, -0.1) is 0 Å². The van der Waals surface area contributed by atoms with Crippen LogP contribution in [0.15, 0.2) is 18.2 Å². The summed E-state index contributed by atoms with van der Waals surface area (Å²) < 4.78 is 7.32. The van der Waals surface area contributed by atoms with Gasteiger partial charge in [-0.1, -0.05) is 23.2 Å². The number of hydrogen-bond donors (Lipinski definition) is 2. The molecule has 0 atom stereocenters. The number of nitrogens with one attached hydrogen (secondary N) is 1. The molecule has 1 aromatic heterocycles. The van der Waals surface area contributed by atoms with E-state index in [4.69, 9.17) is 39.1 Å². The van der Waals surface area contributed by atoms with Crippen LogP contribution < -0.4 is 10.5 Å². The van der Waals surface area contributed by atoms with E-state index in [9.17, 15) is 0 Å². The fourth-order valence-electron chi connectivity index (χ4n) is 1.77. The van der Waals surface area contributed by atoms with Gasteiger partial charge in [-0.05, 0) is 25.1 Å². The predicted octanol–water partition coefficient (Wildman–Crippen LogP) is 2.90. The molecule has 0 saturated heterocycles. The Morgan fingerprint density at radius 1 is 1.45 bits per heavy atom. The zero-order valence-corrected chi connectivity index (χ0v) is 12.6. The summed E-state index contributed by atoms with van der Waals surface area (Å²) in [7, 11) is 1.80. The minimum atomic E-state index is -0.0382. The van der Waals surface area contributed by atoms with Gasteiger partial charge in [0.25, 0.3) is 0 Å². The third-order valence-corrected chi connectivity index (χ3v) is 3.66. The summed E-state index contributed by atoms with van der Waals surface area (Å²) in [4.78, 5) is 0. The molecule has 0 aliphatic carbocycles. The Bertz CT molecular complexity index is 667. The van der Waals surface area contributed by atoms with Gasteiger partial charge < -0.3 is 10.5 Å². The monoisotopic (exact) mass is 312 g/mol. The third-order valence-electron chi connectivity index (χ3n) is 2.87. The Morgan fingerprint density at radius 2 is 2.15 bits per heavy atom. The molecule has 20 heavy (non-hydrogen) atoms. The molecule has 0 aliphatic heterocycles. The molecule has 5 nitrogen and oxygen atoms in total. The van der Waals surface area contributed by atoms with Crippen molar-refractivity contribution >= 4 is 29.0 Å². The molecule has 0 spiro atoms. The smallest absolute Gasteiger partial charge is 0.138 e. The second kappa shape index (κ2) is 5.73. The van der Waals surface area contributed by atoms with Gasteiger partial charge in [-0.25, -0.2) is 0 Å². The Morgan fingerprint density at radius 3 is 2.65 bits per heavy atom. The highest BCUT2D eigenvalue weighted by Crippen LogP contribution is 2.27. The largest absolute Gasteiger partial charge is 0.486 e. The van der Waals surface area contributed by atoms with Crippen molar-refractivity contribution < 1.29 is 4.74 Å². The van der Waals surface area contributed by atoms with Gasteiger partial charge in [0.05, 0.1) is 21.4 Å². The quantitative estimate of drug-likeness (QED) is 0.673. The fourth-order valence-corrected chi connectivity index (χ4v) is 2.22. The normalized spacial score (nSPS) is 10.6. The van der Waals surface area contributed by atoms with Crippen molar-refractivity contribution in [2.24, 2.45) is 12.8 Å². The molecule has 0 unspecified atom stereocenters. The molecule has 0 fully saturated rings. The van der Waals surface area contributed by atoms with Crippen molar-refractivity contribution in [3.8, 4) is 5.75 Å². The molecule has 3 N–H and O–H groups in total. The van der Waals surface area contributed by atoms with E-state index in [2.05, 4.69) is 5.10 Å². The number of nitrogens with two attached hydrogens (primary N) is 1. The number of amidine groups is 1. The van der Waals surface area contributed by atoms with Gasteiger partial charge in [-0.2, -0.15) is 5.10 Å². The molecule has 106 valence electrons. The van der Waals surface area contributed by atoms with Gasteiger partial charge in [0.2, 0.25) is 0 Å². The van der Waals surface area contributed by atoms with Crippen LogP contribution in [0.4, 0.5) is 0 Å². The van der Waals surface area contributed by atoms with Gasteiger partial charge in [-0.3, -0.25) is 10.1 Å². The van der Waals surface area contributed by atoms with Crippen LogP contribution in [-0.2, 0) is 13.7 Å². The predicted molar refractivity (Wildman–Crippen MR) is 79.8 cm³/mol. The maximum absolute atomic E-state index is 7.35. The highest BCUT2D eigenvalue weighted by Gasteiger charge is 2.12. The van der Waals surface area contributed by atoms with E-state index in [0.717, 1.165) is 11.4 Å². The zero-order valence-electron chi connectivity index (χ0n) is 11.1. The lowest BCUT2D eigenvalue weighted by molar-refractivity contribution is 0.295. The Kier molecular flexibility index (Phi) is 4.20. The van der Waals surface area contributed by atoms with Crippen molar-refractivity contribution in [2.75, 3.05) is 0 Å². The Balaban J connectivity index is 2.17. The van der Waals surface area contributed by atoms with Crippen LogP contribution in [0.25, 0.3) is 0 Å². The number of aromatic nitrogens is 2. The topological polar surface area (TPSA) is 76.9 Å². The summed E-state index contributed by atoms with van der Waals surface area (Å²) in [6.07, 6.45) is 0. The molecule has 7 heteroatoms. The summed E-state index contributed by atoms with van der Waals surface area (Å²) in [5.41, 5.74) is 7.48. The number of benzene rings is 1. The molecular weight excluding hydrogens is 299 g/mol. The van der Waals surface area contributed by atoms with Crippen LogP contribution in [0.3, 0.4) is 0 Å². The van der Waals surface area contributed by atoms with E-state index in [0.29, 0.717) is 21.4 Å². The molecule has 0 amide bonds. The van der Waals surface area contributed by atoms with Crippen molar-refractivity contribution in [1.82, 2.24) is 9.78 Å². The van der Waals surface area contributed by atoms with E-state index in [-0.39, 0.29) is 12.4 Å². The molecule has 2 rings (SSSR count). The molecular formula is C13H14Cl2N4O. The first-order chi connectivity index (χ1) is 9.40. The minimum absolute atomic E-state index is 0.0382. The summed E-state index contributed by atoms with van der Waals surface area (Å²) >= 11 is 12.2. The van der Waals surface area contributed by atoms with E-state index in [1.54, 1.807) is 29.9 Å². The lowest BCUT2D eigenvalue weighted by Gasteiger charge is -2.09. The van der Waals surface area contributed by atoms with Crippen LogP contribution in [0.5, 0.6) is 5.75 Å². The number of aryl methyl sites for hydroxylation is 2. The van der Waals surface area contributed by atoms with Gasteiger partial charge in [0.15, 0.2) is 0 Å². The number of nitrogens with zero attached hydrogens (tertiary/aromatic N) is 2. The van der Waals surface area contributed by atoms with Crippen molar-refractivity contribution in [3.05, 3.63) is 45.2 Å². The van der Waals surface area contributed by atoms with Gasteiger partial charge in [0, 0.05) is 12.6 Å². The van der Waals surface area contributed by atoms with Crippen molar-refractivity contribution in [3.63, 3.8) is 0 Å². The van der Waals surface area contributed by atoms with Crippen molar-refractivity contribution in [1.29, 1.82) is 5.41 Å². The van der Waals surface area contributed by atoms with Crippen molar-refractivity contribution in [2.45, 2.75) is 13.5 Å². The molecule has 0 aliphatic rings. The first kappa shape index (κ1) is 14.7. The molecule has 0 radical (unpaired) electrons. The highest BCUT2D eigenvalue weighted by atomic mass is 35.5. The first-order valence-electron chi connectivity index (χ1n) is 5.85. The minimum Gasteiger partial charge on any atom is -0.486 e. The van der Waals surface area contributed by atoms with Crippen LogP contribution in [0.1, 0.15) is 17.0 Å². The second-order valence-corrected chi connectivity index (χ2v) is 5.10. The van der Waals surface area contributed by atoms with Gasteiger partial charge in [0.1, 0.15) is 18.2 Å². The number of ether oxygens (including phenoxy) is 1. The lowest BCUT2D eigenvalue weighted by Crippen LogP contribution is -2.11. The van der Waals surface area contributed by atoms with E-state index >= 15 is 0 Å². The van der Waals surface area contributed by atoms with Crippen LogP contribution in [0.2, 0.25) is 10.0 Å². The second-order valence-electron chi connectivity index (χ2n) is 4.32. The fraction of sp³-hybridized carbons (Fsp3) is 0.231. The SMILES string of the molecule is Cc1nn(C)c(COc2ccc(C(=N)N)cc2Cl)c1Cl. The molecule has 1 aromatic carbocycles. The Labute approximate surface area is 126 Å². The molecule has 2 aromatic rings. The summed E-state index contributed by atoms with van der Waals surface area (Å²) in [6.45, 7) is 2.09. The average Bonchev–Trinajstić information content (AvgIpc) is 2.62. The molecule has 0 saturated carbocycles. The number of rotatable bonds is 4. The number of halogens is 2. The highest BCUT2D eigenvalue weighted by molar-refractivity contribution is 6.32. The average molecular weight is 313 g/mol. The lowest BCUT2D eigenvalue weighted by atomic mass is 10.2. The Hall–Kier alpha value is -1.72. The van der Waals surface area contributed by atoms with E-state index < -0.39 is 0 Å². The molecule has 0 bridgehead atoms. The maximum atomic E-state index is 7.35. The first-order valence-corrected chi connectivity index (χ1v) is 6.60. The number of nitrogen functional groups attached to an aromatic ring is 1. The zero-order chi connectivity index (χ0) is 14.9. The van der Waals surface area contributed by atoms with Crippen LogP contribution >= 0.6 is 23.2 Å². The summed E-state index contributed by atoms with van der Waals surface area (Å²) in [5, 5.41) is 12.5.